The third-order valence-electron chi connectivity index (χ3n) is 5.20. The summed E-state index contributed by atoms with van der Waals surface area (Å²) in [5, 5.41) is 15.2. The minimum Gasteiger partial charge on any atom is -0.393 e. The van der Waals surface area contributed by atoms with Gasteiger partial charge in [0, 0.05) is 37.1 Å². The van der Waals surface area contributed by atoms with Gasteiger partial charge in [-0.05, 0) is 24.0 Å². The number of benzene rings is 2. The molecule has 2 heterocycles. The number of hydrogen-bond acceptors (Lipinski definition) is 5. The van der Waals surface area contributed by atoms with E-state index in [1.807, 2.05) is 30.3 Å². The van der Waals surface area contributed by atoms with Gasteiger partial charge in [0.1, 0.15) is 10.7 Å². The summed E-state index contributed by atoms with van der Waals surface area (Å²) < 4.78 is 0. The number of nitrogens with one attached hydrogen (secondary N) is 1. The first-order chi connectivity index (χ1) is 14.2. The van der Waals surface area contributed by atoms with Crippen molar-refractivity contribution in [2.24, 2.45) is 0 Å². The smallest absolute Gasteiger partial charge is 0.271 e. The zero-order valence-electron chi connectivity index (χ0n) is 16.3. The standard InChI is InChI=1S/C23H25N3O2S/c27-20-10-12-26(13-11-20)15-18-8-6-17(7-9-18)14-24-22(28)21-16-29-23(25-21)19-4-2-1-3-5-19/h1-9,16,20,27H,10-15H2,(H,24,28). The van der Waals surface area contributed by atoms with E-state index in [2.05, 4.69) is 39.5 Å². The maximum Gasteiger partial charge on any atom is 0.271 e. The molecule has 1 aromatic heterocycles. The molecule has 0 atom stereocenters. The average Bonchev–Trinajstić information content (AvgIpc) is 3.26. The van der Waals surface area contributed by atoms with Crippen LogP contribution in [-0.2, 0) is 13.1 Å². The van der Waals surface area contributed by atoms with E-state index < -0.39 is 0 Å². The molecule has 2 N–H and O–H groups in total. The number of aliphatic hydroxyl groups is 1. The second kappa shape index (κ2) is 9.31. The van der Waals surface area contributed by atoms with E-state index >= 15 is 0 Å². The molecule has 2 aromatic carbocycles. The molecule has 4 rings (SSSR count). The van der Waals surface area contributed by atoms with Crippen LogP contribution in [0.15, 0.2) is 60.0 Å². The van der Waals surface area contributed by atoms with Crippen LogP contribution in [0.4, 0.5) is 0 Å². The molecule has 0 spiro atoms. The van der Waals surface area contributed by atoms with Gasteiger partial charge in [0.25, 0.3) is 5.91 Å². The second-order valence-corrected chi connectivity index (χ2v) is 8.27. The van der Waals surface area contributed by atoms with Gasteiger partial charge in [-0.3, -0.25) is 9.69 Å². The van der Waals surface area contributed by atoms with E-state index in [0.717, 1.165) is 48.6 Å². The van der Waals surface area contributed by atoms with Crippen molar-refractivity contribution in [2.45, 2.75) is 32.0 Å². The van der Waals surface area contributed by atoms with Gasteiger partial charge in [0.2, 0.25) is 0 Å². The molecule has 6 heteroatoms. The number of amides is 1. The summed E-state index contributed by atoms with van der Waals surface area (Å²) in [5.74, 6) is -0.153. The van der Waals surface area contributed by atoms with Crippen molar-refractivity contribution in [1.29, 1.82) is 0 Å². The number of carbonyl (C=O) groups is 1. The van der Waals surface area contributed by atoms with Gasteiger partial charge < -0.3 is 10.4 Å². The minimum absolute atomic E-state index is 0.140. The number of aliphatic hydroxyl groups excluding tert-OH is 1. The molecule has 0 aliphatic carbocycles. The Morgan fingerprint density at radius 1 is 1.07 bits per heavy atom. The highest BCUT2D eigenvalue weighted by Gasteiger charge is 2.17. The van der Waals surface area contributed by atoms with Crippen molar-refractivity contribution in [2.75, 3.05) is 13.1 Å². The zero-order valence-corrected chi connectivity index (χ0v) is 17.1. The molecular formula is C23H25N3O2S. The fourth-order valence-corrected chi connectivity index (χ4v) is 4.27. The number of thiazole rings is 1. The molecule has 1 fully saturated rings. The highest BCUT2D eigenvalue weighted by Crippen LogP contribution is 2.23. The van der Waals surface area contributed by atoms with Crippen molar-refractivity contribution in [3.63, 3.8) is 0 Å². The highest BCUT2D eigenvalue weighted by atomic mass is 32.1. The van der Waals surface area contributed by atoms with E-state index in [4.69, 9.17) is 0 Å². The van der Waals surface area contributed by atoms with Gasteiger partial charge in [0.15, 0.2) is 0 Å². The molecule has 1 aliphatic rings. The molecule has 0 bridgehead atoms. The predicted molar refractivity (Wildman–Crippen MR) is 116 cm³/mol. The number of piperidine rings is 1. The zero-order chi connectivity index (χ0) is 20.1. The third-order valence-corrected chi connectivity index (χ3v) is 6.09. The Hall–Kier alpha value is -2.54. The Morgan fingerprint density at radius 3 is 2.48 bits per heavy atom. The van der Waals surface area contributed by atoms with Crippen LogP contribution in [0.5, 0.6) is 0 Å². The van der Waals surface area contributed by atoms with Crippen molar-refractivity contribution in [1.82, 2.24) is 15.2 Å². The molecule has 0 unspecified atom stereocenters. The van der Waals surface area contributed by atoms with Gasteiger partial charge >= 0.3 is 0 Å². The highest BCUT2D eigenvalue weighted by molar-refractivity contribution is 7.13. The summed E-state index contributed by atoms with van der Waals surface area (Å²) in [6, 6.07) is 18.2. The Kier molecular flexibility index (Phi) is 6.34. The molecule has 3 aromatic rings. The lowest BCUT2D eigenvalue weighted by atomic mass is 10.1. The van der Waals surface area contributed by atoms with Gasteiger partial charge in [-0.2, -0.15) is 0 Å². The molecule has 0 saturated carbocycles. The fourth-order valence-electron chi connectivity index (χ4n) is 3.46. The average molecular weight is 408 g/mol. The molecular weight excluding hydrogens is 382 g/mol. The predicted octanol–water partition coefficient (Wildman–Crippen LogP) is 3.70. The molecule has 150 valence electrons. The molecule has 1 amide bonds. The van der Waals surface area contributed by atoms with Crippen LogP contribution in [0.25, 0.3) is 10.6 Å². The number of hydrogen-bond donors (Lipinski definition) is 2. The lowest BCUT2D eigenvalue weighted by Crippen LogP contribution is -2.35. The van der Waals surface area contributed by atoms with Crippen LogP contribution in [0.3, 0.4) is 0 Å². The van der Waals surface area contributed by atoms with Crippen LogP contribution in [-0.4, -0.2) is 40.1 Å². The summed E-state index contributed by atoms with van der Waals surface area (Å²) in [7, 11) is 0. The first kappa shape index (κ1) is 19.8. The Balaban J connectivity index is 1.29. The first-order valence-electron chi connectivity index (χ1n) is 9.95. The van der Waals surface area contributed by atoms with Crippen molar-refractivity contribution >= 4 is 17.2 Å². The van der Waals surface area contributed by atoms with Gasteiger partial charge in [0.05, 0.1) is 6.10 Å². The van der Waals surface area contributed by atoms with Crippen molar-refractivity contribution < 1.29 is 9.90 Å². The minimum atomic E-state index is -0.153. The molecule has 1 aliphatic heterocycles. The van der Waals surface area contributed by atoms with E-state index in [9.17, 15) is 9.90 Å². The molecule has 0 radical (unpaired) electrons. The van der Waals surface area contributed by atoms with E-state index in [-0.39, 0.29) is 12.0 Å². The summed E-state index contributed by atoms with van der Waals surface area (Å²) >= 11 is 1.48. The van der Waals surface area contributed by atoms with Crippen molar-refractivity contribution in [3.8, 4) is 10.6 Å². The number of carbonyl (C=O) groups excluding carboxylic acids is 1. The number of rotatable bonds is 6. The van der Waals surface area contributed by atoms with Crippen LogP contribution in [0.1, 0.15) is 34.5 Å². The normalized spacial score (nSPS) is 15.3. The lowest BCUT2D eigenvalue weighted by molar-refractivity contribution is 0.0792. The molecule has 29 heavy (non-hydrogen) atoms. The summed E-state index contributed by atoms with van der Waals surface area (Å²) in [6.07, 6.45) is 1.57. The van der Waals surface area contributed by atoms with Crippen LogP contribution >= 0.6 is 11.3 Å². The van der Waals surface area contributed by atoms with Crippen LogP contribution in [0.2, 0.25) is 0 Å². The first-order valence-corrected chi connectivity index (χ1v) is 10.8. The topological polar surface area (TPSA) is 65.5 Å². The van der Waals surface area contributed by atoms with Gasteiger partial charge in [-0.1, -0.05) is 54.6 Å². The number of nitrogens with zero attached hydrogens (tertiary/aromatic N) is 2. The summed E-state index contributed by atoms with van der Waals surface area (Å²) in [5.41, 5.74) is 3.80. The Morgan fingerprint density at radius 2 is 1.76 bits per heavy atom. The Bertz CT molecular complexity index is 932. The third kappa shape index (κ3) is 5.29. The second-order valence-electron chi connectivity index (χ2n) is 7.41. The maximum atomic E-state index is 12.4. The van der Waals surface area contributed by atoms with E-state index in [1.54, 1.807) is 5.38 Å². The van der Waals surface area contributed by atoms with Gasteiger partial charge in [-0.25, -0.2) is 4.98 Å². The summed E-state index contributed by atoms with van der Waals surface area (Å²) in [6.45, 7) is 3.27. The lowest BCUT2D eigenvalue weighted by Gasteiger charge is -2.29. The number of likely N-dealkylation sites (tertiary alicyclic amines) is 1. The van der Waals surface area contributed by atoms with E-state index in [0.29, 0.717) is 12.2 Å². The molecule has 1 saturated heterocycles. The summed E-state index contributed by atoms with van der Waals surface area (Å²) in [4.78, 5) is 19.3. The van der Waals surface area contributed by atoms with E-state index in [1.165, 1.54) is 16.9 Å². The number of aromatic nitrogens is 1. The van der Waals surface area contributed by atoms with Crippen molar-refractivity contribution in [3.05, 3.63) is 76.8 Å². The largest absolute Gasteiger partial charge is 0.393 e. The Labute approximate surface area is 175 Å². The van der Waals surface area contributed by atoms with Crippen LogP contribution < -0.4 is 5.32 Å². The fraction of sp³-hybridized carbons (Fsp3) is 0.304. The van der Waals surface area contributed by atoms with Gasteiger partial charge in [-0.15, -0.1) is 11.3 Å². The monoisotopic (exact) mass is 407 g/mol. The molecule has 5 nitrogen and oxygen atoms in total. The SMILES string of the molecule is O=C(NCc1ccc(CN2CCC(O)CC2)cc1)c1csc(-c2ccccc2)n1. The maximum absolute atomic E-state index is 12.4. The quantitative estimate of drug-likeness (QED) is 0.654. The van der Waals surface area contributed by atoms with Crippen LogP contribution in [0, 0.1) is 0 Å².